The van der Waals surface area contributed by atoms with Gasteiger partial charge >= 0.3 is 0 Å². The Labute approximate surface area is 121 Å². The van der Waals surface area contributed by atoms with E-state index in [1.807, 2.05) is 38.1 Å². The number of halogens is 1. The van der Waals surface area contributed by atoms with Crippen LogP contribution < -0.4 is 0 Å². The summed E-state index contributed by atoms with van der Waals surface area (Å²) in [6.45, 7) is 3.79. The summed E-state index contributed by atoms with van der Waals surface area (Å²) in [7, 11) is 1.46. The van der Waals surface area contributed by atoms with Gasteiger partial charge < -0.3 is 0 Å². The molecular weight excluding hydrogens is 284 g/mol. The number of hydrogen-bond acceptors (Lipinski definition) is 5. The zero-order valence-electron chi connectivity index (χ0n) is 10.8. The molecule has 0 aliphatic rings. The molecular formula is C13H13ClN2O2S. The van der Waals surface area contributed by atoms with E-state index < -0.39 is 0 Å². The summed E-state index contributed by atoms with van der Waals surface area (Å²) < 4.78 is 4.96. The lowest BCUT2D eigenvalue weighted by atomic mass is 10.0. The Hall–Kier alpha value is -1.14. The van der Waals surface area contributed by atoms with E-state index >= 15 is 0 Å². The zero-order valence-corrected chi connectivity index (χ0v) is 12.4. The van der Waals surface area contributed by atoms with Crippen LogP contribution in [0, 0.1) is 13.8 Å². The van der Waals surface area contributed by atoms with Gasteiger partial charge in [0.15, 0.2) is 0 Å². The Morgan fingerprint density at radius 3 is 2.32 bits per heavy atom. The predicted octanol–water partition coefficient (Wildman–Crippen LogP) is 4.00. The van der Waals surface area contributed by atoms with Crippen molar-refractivity contribution in [2.24, 2.45) is 0 Å². The lowest BCUT2D eigenvalue weighted by Crippen LogP contribution is -1.99. The van der Waals surface area contributed by atoms with E-state index in [0.717, 1.165) is 39.5 Å². The molecule has 100 valence electrons. The van der Waals surface area contributed by atoms with Gasteiger partial charge in [-0.15, -0.1) is 0 Å². The predicted molar refractivity (Wildman–Crippen MR) is 75.9 cm³/mol. The van der Waals surface area contributed by atoms with Crippen molar-refractivity contribution in [2.45, 2.75) is 18.7 Å². The molecule has 0 amide bonds. The second kappa shape index (κ2) is 6.34. The summed E-state index contributed by atoms with van der Waals surface area (Å²) in [4.78, 5) is 5.53. The summed E-state index contributed by atoms with van der Waals surface area (Å²) >= 11 is 7.04. The normalized spacial score (nSPS) is 10.7. The fraction of sp³-hybridized carbons (Fsp3) is 0.231. The number of benzene rings is 1. The Balaban J connectivity index is 2.53. The largest absolute Gasteiger partial charge is 0.227 e. The lowest BCUT2D eigenvalue weighted by molar-refractivity contribution is -0.160. The highest BCUT2D eigenvalue weighted by atomic mass is 35.5. The first-order valence-corrected chi connectivity index (χ1v) is 6.72. The fourth-order valence-electron chi connectivity index (χ4n) is 1.72. The van der Waals surface area contributed by atoms with Gasteiger partial charge in [-0.05, 0) is 31.5 Å². The van der Waals surface area contributed by atoms with Crippen LogP contribution in [-0.2, 0) is 9.22 Å². The number of nitrogens with zero attached hydrogens (tertiary/aromatic N) is 2. The molecule has 1 aromatic heterocycles. The monoisotopic (exact) mass is 296 g/mol. The third kappa shape index (κ3) is 3.25. The van der Waals surface area contributed by atoms with Crippen LogP contribution in [0.25, 0.3) is 11.1 Å². The smallest absolute Gasteiger partial charge is 0.0766 e. The number of aromatic nitrogens is 2. The lowest BCUT2D eigenvalue weighted by Gasteiger charge is -2.12. The highest BCUT2D eigenvalue weighted by Crippen LogP contribution is 2.35. The molecule has 0 saturated heterocycles. The van der Waals surface area contributed by atoms with Crippen molar-refractivity contribution in [1.82, 2.24) is 10.2 Å². The number of aryl methyl sites for hydroxylation is 2. The summed E-state index contributed by atoms with van der Waals surface area (Å²) in [5, 5.41) is 8.95. The standard InChI is InChI=1S/C13H13ClN2O2S/c1-8-12(10-4-6-11(14)7-5-10)13(19-18-17-3)9(2)16-15-8/h4-7H,1-3H3. The second-order valence-corrected chi connectivity index (χ2v) is 5.05. The van der Waals surface area contributed by atoms with Crippen LogP contribution in [0.5, 0.6) is 0 Å². The van der Waals surface area contributed by atoms with E-state index in [9.17, 15) is 0 Å². The molecule has 1 heterocycles. The summed E-state index contributed by atoms with van der Waals surface area (Å²) in [6.07, 6.45) is 0. The summed E-state index contributed by atoms with van der Waals surface area (Å²) in [5.41, 5.74) is 3.61. The Kier molecular flexibility index (Phi) is 4.76. The van der Waals surface area contributed by atoms with E-state index in [1.165, 1.54) is 7.11 Å². The molecule has 0 saturated carbocycles. The molecule has 0 fully saturated rings. The molecule has 6 heteroatoms. The van der Waals surface area contributed by atoms with Crippen LogP contribution in [0.1, 0.15) is 11.4 Å². The van der Waals surface area contributed by atoms with Gasteiger partial charge in [0.05, 0.1) is 35.4 Å². The minimum atomic E-state index is 0.697. The minimum Gasteiger partial charge on any atom is -0.227 e. The van der Waals surface area contributed by atoms with Crippen molar-refractivity contribution in [3.05, 3.63) is 40.7 Å². The molecule has 0 aliphatic heterocycles. The van der Waals surface area contributed by atoms with Gasteiger partial charge in [-0.3, -0.25) is 0 Å². The SMILES string of the molecule is COOSc1c(C)nnc(C)c1-c1ccc(Cl)cc1. The maximum Gasteiger partial charge on any atom is 0.0766 e. The van der Waals surface area contributed by atoms with Gasteiger partial charge in [-0.1, -0.05) is 23.7 Å². The third-order valence-corrected chi connectivity index (χ3v) is 3.71. The number of rotatable bonds is 4. The minimum absolute atomic E-state index is 0.697. The van der Waals surface area contributed by atoms with Crippen LogP contribution in [0.3, 0.4) is 0 Å². The Morgan fingerprint density at radius 2 is 1.68 bits per heavy atom. The molecule has 0 aliphatic carbocycles. The first-order valence-electron chi connectivity index (χ1n) is 5.60. The van der Waals surface area contributed by atoms with Gasteiger partial charge in [-0.25, -0.2) is 4.89 Å². The summed E-state index contributed by atoms with van der Waals surface area (Å²) in [5.74, 6) is 0. The maximum absolute atomic E-state index is 5.92. The van der Waals surface area contributed by atoms with Crippen LogP contribution in [0.4, 0.5) is 0 Å². The van der Waals surface area contributed by atoms with Gasteiger partial charge in [-0.2, -0.15) is 14.5 Å². The number of hydrogen-bond donors (Lipinski definition) is 0. The van der Waals surface area contributed by atoms with Crippen LogP contribution in [0.15, 0.2) is 29.2 Å². The van der Waals surface area contributed by atoms with Crippen molar-refractivity contribution in [3.63, 3.8) is 0 Å². The van der Waals surface area contributed by atoms with Crippen molar-refractivity contribution >= 4 is 23.6 Å². The molecule has 4 nitrogen and oxygen atoms in total. The first kappa shape index (κ1) is 14.3. The quantitative estimate of drug-likeness (QED) is 0.485. The Bertz CT molecular complexity index is 576. The average molecular weight is 297 g/mol. The maximum atomic E-state index is 5.92. The zero-order chi connectivity index (χ0) is 13.8. The van der Waals surface area contributed by atoms with Crippen molar-refractivity contribution in [3.8, 4) is 11.1 Å². The van der Waals surface area contributed by atoms with Crippen LogP contribution >= 0.6 is 23.6 Å². The molecule has 2 rings (SSSR count). The second-order valence-electron chi connectivity index (χ2n) is 3.90. The molecule has 0 atom stereocenters. The van der Waals surface area contributed by atoms with Gasteiger partial charge in [0.2, 0.25) is 0 Å². The van der Waals surface area contributed by atoms with E-state index in [2.05, 4.69) is 15.1 Å². The average Bonchev–Trinajstić information content (AvgIpc) is 2.41. The molecule has 2 aromatic rings. The third-order valence-electron chi connectivity index (χ3n) is 2.59. The molecule has 0 bridgehead atoms. The molecule has 0 N–H and O–H groups in total. The molecule has 0 spiro atoms. The van der Waals surface area contributed by atoms with Crippen molar-refractivity contribution < 1.29 is 9.22 Å². The molecule has 0 unspecified atom stereocenters. The molecule has 1 aromatic carbocycles. The highest BCUT2D eigenvalue weighted by Gasteiger charge is 2.15. The summed E-state index contributed by atoms with van der Waals surface area (Å²) in [6, 6.07) is 7.58. The van der Waals surface area contributed by atoms with E-state index in [-0.39, 0.29) is 0 Å². The van der Waals surface area contributed by atoms with E-state index in [0.29, 0.717) is 5.02 Å². The first-order chi connectivity index (χ1) is 9.13. The highest BCUT2D eigenvalue weighted by molar-refractivity contribution is 7.94. The van der Waals surface area contributed by atoms with Crippen LogP contribution in [0.2, 0.25) is 5.02 Å². The molecule has 0 radical (unpaired) electrons. The van der Waals surface area contributed by atoms with Crippen molar-refractivity contribution in [1.29, 1.82) is 0 Å². The molecule has 19 heavy (non-hydrogen) atoms. The van der Waals surface area contributed by atoms with E-state index in [4.69, 9.17) is 15.9 Å². The van der Waals surface area contributed by atoms with E-state index in [1.54, 1.807) is 0 Å². The van der Waals surface area contributed by atoms with Gasteiger partial charge in [0.25, 0.3) is 0 Å². The fourth-order valence-corrected chi connectivity index (χ4v) is 2.49. The van der Waals surface area contributed by atoms with Gasteiger partial charge in [0, 0.05) is 10.6 Å². The topological polar surface area (TPSA) is 44.2 Å². The van der Waals surface area contributed by atoms with Gasteiger partial charge in [0.1, 0.15) is 0 Å². The van der Waals surface area contributed by atoms with Crippen molar-refractivity contribution in [2.75, 3.05) is 7.11 Å². The Morgan fingerprint density at radius 1 is 1.05 bits per heavy atom. The van der Waals surface area contributed by atoms with Crippen LogP contribution in [-0.4, -0.2) is 17.3 Å².